The molecule has 1 heterocycles. The SMILES string of the molecule is Cc1cc(NC(=O)Cc2c(F)cccc2Cl)sc1C(=O)O. The number of aryl methyl sites for hydroxylation is 1. The van der Waals surface area contributed by atoms with E-state index in [1.165, 1.54) is 18.2 Å². The second kappa shape index (κ2) is 6.24. The van der Waals surface area contributed by atoms with Crippen LogP contribution >= 0.6 is 22.9 Å². The molecule has 0 spiro atoms. The molecule has 0 saturated heterocycles. The predicted molar refractivity (Wildman–Crippen MR) is 79.8 cm³/mol. The van der Waals surface area contributed by atoms with Crippen LogP contribution in [0.1, 0.15) is 20.8 Å². The fraction of sp³-hybridized carbons (Fsp3) is 0.143. The van der Waals surface area contributed by atoms with Gasteiger partial charge in [0.05, 0.1) is 11.4 Å². The van der Waals surface area contributed by atoms with E-state index in [0.717, 1.165) is 11.3 Å². The van der Waals surface area contributed by atoms with Gasteiger partial charge in [-0.25, -0.2) is 9.18 Å². The summed E-state index contributed by atoms with van der Waals surface area (Å²) >= 11 is 6.81. The number of thiophene rings is 1. The summed E-state index contributed by atoms with van der Waals surface area (Å²) in [6, 6.07) is 5.76. The highest BCUT2D eigenvalue weighted by Crippen LogP contribution is 2.27. The third kappa shape index (κ3) is 3.59. The maximum atomic E-state index is 13.6. The summed E-state index contributed by atoms with van der Waals surface area (Å²) in [4.78, 5) is 23.0. The van der Waals surface area contributed by atoms with Gasteiger partial charge in [-0.2, -0.15) is 0 Å². The molecular weight excluding hydrogens is 317 g/mol. The van der Waals surface area contributed by atoms with Crippen LogP contribution in [-0.4, -0.2) is 17.0 Å². The normalized spacial score (nSPS) is 10.4. The van der Waals surface area contributed by atoms with Crippen molar-refractivity contribution in [3.8, 4) is 0 Å². The number of amides is 1. The van der Waals surface area contributed by atoms with Gasteiger partial charge >= 0.3 is 5.97 Å². The third-order valence-electron chi connectivity index (χ3n) is 2.77. The summed E-state index contributed by atoms with van der Waals surface area (Å²) in [6.07, 6.45) is -0.217. The second-order valence-corrected chi connectivity index (χ2v) is 5.81. The number of carbonyl (C=O) groups is 2. The quantitative estimate of drug-likeness (QED) is 0.899. The van der Waals surface area contributed by atoms with Crippen molar-refractivity contribution < 1.29 is 19.1 Å². The summed E-state index contributed by atoms with van der Waals surface area (Å²) in [6.45, 7) is 1.64. The largest absolute Gasteiger partial charge is 0.477 e. The highest BCUT2D eigenvalue weighted by Gasteiger charge is 2.16. The number of hydrogen-bond donors (Lipinski definition) is 2. The minimum atomic E-state index is -1.05. The zero-order chi connectivity index (χ0) is 15.6. The first-order chi connectivity index (χ1) is 9.88. The van der Waals surface area contributed by atoms with Crippen LogP contribution in [0.15, 0.2) is 24.3 Å². The van der Waals surface area contributed by atoms with Gasteiger partial charge in [-0.1, -0.05) is 17.7 Å². The van der Waals surface area contributed by atoms with Gasteiger partial charge in [0.1, 0.15) is 10.7 Å². The topological polar surface area (TPSA) is 66.4 Å². The van der Waals surface area contributed by atoms with Gasteiger partial charge in [-0.05, 0) is 30.7 Å². The van der Waals surface area contributed by atoms with Gasteiger partial charge in [0.15, 0.2) is 0 Å². The number of aromatic carboxylic acids is 1. The van der Waals surface area contributed by atoms with E-state index in [0.29, 0.717) is 10.6 Å². The Morgan fingerprint density at radius 3 is 2.71 bits per heavy atom. The minimum absolute atomic E-state index is 0.114. The molecule has 110 valence electrons. The molecule has 0 aliphatic rings. The number of rotatable bonds is 4. The Balaban J connectivity index is 2.12. The molecule has 0 aliphatic heterocycles. The lowest BCUT2D eigenvalue weighted by atomic mass is 10.1. The van der Waals surface area contributed by atoms with Crippen molar-refractivity contribution in [1.82, 2.24) is 0 Å². The Morgan fingerprint density at radius 2 is 2.14 bits per heavy atom. The molecule has 2 N–H and O–H groups in total. The van der Waals surface area contributed by atoms with E-state index in [4.69, 9.17) is 16.7 Å². The van der Waals surface area contributed by atoms with Crippen LogP contribution in [0.4, 0.5) is 9.39 Å². The summed E-state index contributed by atoms with van der Waals surface area (Å²) in [5.41, 5.74) is 0.676. The zero-order valence-corrected chi connectivity index (χ0v) is 12.5. The average molecular weight is 328 g/mol. The number of nitrogens with one attached hydrogen (secondary N) is 1. The monoisotopic (exact) mass is 327 g/mol. The average Bonchev–Trinajstić information content (AvgIpc) is 2.75. The lowest BCUT2D eigenvalue weighted by Crippen LogP contribution is -2.14. The lowest BCUT2D eigenvalue weighted by Gasteiger charge is -2.05. The van der Waals surface area contributed by atoms with E-state index in [-0.39, 0.29) is 21.9 Å². The molecule has 21 heavy (non-hydrogen) atoms. The van der Waals surface area contributed by atoms with E-state index in [2.05, 4.69) is 5.32 Å². The number of carbonyl (C=O) groups excluding carboxylic acids is 1. The van der Waals surface area contributed by atoms with Crippen LogP contribution in [0, 0.1) is 12.7 Å². The van der Waals surface area contributed by atoms with Crippen molar-refractivity contribution in [2.45, 2.75) is 13.3 Å². The first-order valence-electron chi connectivity index (χ1n) is 5.95. The van der Waals surface area contributed by atoms with Crippen molar-refractivity contribution in [3.63, 3.8) is 0 Å². The number of hydrogen-bond acceptors (Lipinski definition) is 3. The molecule has 0 bridgehead atoms. The Morgan fingerprint density at radius 1 is 1.43 bits per heavy atom. The Labute approximate surface area is 129 Å². The summed E-state index contributed by atoms with van der Waals surface area (Å²) in [5.74, 6) is -2.05. The van der Waals surface area contributed by atoms with Crippen molar-refractivity contribution in [3.05, 3.63) is 51.1 Å². The molecule has 0 atom stereocenters. The van der Waals surface area contributed by atoms with Crippen molar-refractivity contribution in [1.29, 1.82) is 0 Å². The highest BCUT2D eigenvalue weighted by atomic mass is 35.5. The van der Waals surface area contributed by atoms with Crippen LogP contribution < -0.4 is 5.32 Å². The van der Waals surface area contributed by atoms with E-state index < -0.39 is 17.7 Å². The molecule has 0 unspecified atom stereocenters. The van der Waals surface area contributed by atoms with Gasteiger partial charge in [0.2, 0.25) is 5.91 Å². The molecule has 1 aromatic heterocycles. The van der Waals surface area contributed by atoms with Crippen LogP contribution in [0.2, 0.25) is 5.02 Å². The van der Waals surface area contributed by atoms with E-state index in [1.54, 1.807) is 13.0 Å². The van der Waals surface area contributed by atoms with Crippen LogP contribution in [0.5, 0.6) is 0 Å². The molecule has 2 rings (SSSR count). The molecule has 1 amide bonds. The van der Waals surface area contributed by atoms with Gasteiger partial charge in [0.25, 0.3) is 0 Å². The van der Waals surface area contributed by atoms with Crippen molar-refractivity contribution >= 4 is 39.8 Å². The van der Waals surface area contributed by atoms with E-state index in [1.807, 2.05) is 0 Å². The number of anilines is 1. The molecule has 0 aliphatic carbocycles. The second-order valence-electron chi connectivity index (χ2n) is 4.35. The molecule has 0 fully saturated rings. The zero-order valence-electron chi connectivity index (χ0n) is 10.9. The fourth-order valence-electron chi connectivity index (χ4n) is 1.80. The fourth-order valence-corrected chi connectivity index (χ4v) is 2.96. The van der Waals surface area contributed by atoms with Crippen LogP contribution in [-0.2, 0) is 11.2 Å². The predicted octanol–water partition coefficient (Wildman–Crippen LogP) is 3.73. The van der Waals surface area contributed by atoms with Gasteiger partial charge in [-0.15, -0.1) is 11.3 Å². The number of halogens is 2. The smallest absolute Gasteiger partial charge is 0.346 e. The van der Waals surface area contributed by atoms with Crippen molar-refractivity contribution in [2.75, 3.05) is 5.32 Å². The van der Waals surface area contributed by atoms with E-state index in [9.17, 15) is 14.0 Å². The van der Waals surface area contributed by atoms with Gasteiger partial charge in [-0.3, -0.25) is 4.79 Å². The maximum absolute atomic E-state index is 13.6. The number of carboxylic acid groups (broad SMARTS) is 1. The van der Waals surface area contributed by atoms with Gasteiger partial charge in [0, 0.05) is 10.6 Å². The number of benzene rings is 1. The summed E-state index contributed by atoms with van der Waals surface area (Å²) in [7, 11) is 0. The molecule has 4 nitrogen and oxygen atoms in total. The molecule has 1 aromatic carbocycles. The first kappa shape index (κ1) is 15.5. The molecule has 0 radical (unpaired) electrons. The minimum Gasteiger partial charge on any atom is -0.477 e. The highest BCUT2D eigenvalue weighted by molar-refractivity contribution is 7.18. The summed E-state index contributed by atoms with van der Waals surface area (Å²) in [5, 5.41) is 12.1. The third-order valence-corrected chi connectivity index (χ3v) is 4.27. The Hall–Kier alpha value is -1.92. The molecule has 7 heteroatoms. The summed E-state index contributed by atoms with van der Waals surface area (Å²) < 4.78 is 13.6. The van der Waals surface area contributed by atoms with Crippen LogP contribution in [0.3, 0.4) is 0 Å². The standard InChI is InChI=1S/C14H11ClFNO3S/c1-7-5-12(21-13(7)14(19)20)17-11(18)6-8-9(15)3-2-4-10(8)16/h2-5H,6H2,1H3,(H,17,18)(H,19,20). The number of carboxylic acids is 1. The maximum Gasteiger partial charge on any atom is 0.346 e. The molecule has 2 aromatic rings. The van der Waals surface area contributed by atoms with Crippen molar-refractivity contribution in [2.24, 2.45) is 0 Å². The Bertz CT molecular complexity index is 694. The van der Waals surface area contributed by atoms with Gasteiger partial charge < -0.3 is 10.4 Å². The van der Waals surface area contributed by atoms with Crippen LogP contribution in [0.25, 0.3) is 0 Å². The molecular formula is C14H11ClFNO3S. The molecule has 0 saturated carbocycles. The first-order valence-corrected chi connectivity index (χ1v) is 7.14. The Kier molecular flexibility index (Phi) is 4.59. The lowest BCUT2D eigenvalue weighted by molar-refractivity contribution is -0.115. The van der Waals surface area contributed by atoms with E-state index >= 15 is 0 Å².